The fourth-order valence-corrected chi connectivity index (χ4v) is 3.47. The van der Waals surface area contributed by atoms with Crippen LogP contribution in [0.4, 0.5) is 5.69 Å². The maximum atomic E-state index is 13.5. The average Bonchev–Trinajstić information content (AvgIpc) is 2.72. The Morgan fingerprint density at radius 2 is 1.93 bits per heavy atom. The molecule has 6 nitrogen and oxygen atoms in total. The van der Waals surface area contributed by atoms with Crippen molar-refractivity contribution in [2.75, 3.05) is 17.8 Å². The molecule has 3 rings (SSSR count). The maximum Gasteiger partial charge on any atom is 0.320 e. The Bertz CT molecular complexity index is 899. The molecule has 7 heteroatoms. The average molecular weight is 398 g/mol. The predicted octanol–water partition coefficient (Wildman–Crippen LogP) is 3.06. The first-order valence-corrected chi connectivity index (χ1v) is 9.53. The zero-order valence-corrected chi connectivity index (χ0v) is 16.3. The summed E-state index contributed by atoms with van der Waals surface area (Å²) in [4.78, 5) is 26.7. The van der Waals surface area contributed by atoms with Gasteiger partial charge in [-0.15, -0.1) is 0 Å². The number of para-hydroxylation sites is 2. The minimum atomic E-state index is -0.981. The van der Waals surface area contributed by atoms with Crippen molar-refractivity contribution in [1.82, 2.24) is 5.32 Å². The van der Waals surface area contributed by atoms with Gasteiger partial charge in [-0.2, -0.15) is 12.6 Å². The number of aliphatic carboxylic acids is 1. The molecule has 0 aliphatic carbocycles. The molecule has 2 aromatic carbocycles. The summed E-state index contributed by atoms with van der Waals surface area (Å²) in [6.45, 7) is 0. The van der Waals surface area contributed by atoms with Crippen LogP contribution in [0.2, 0.25) is 0 Å². The largest absolute Gasteiger partial charge is 0.496 e. The predicted molar refractivity (Wildman–Crippen MR) is 112 cm³/mol. The number of carboxylic acid groups (broad SMARTS) is 1. The van der Waals surface area contributed by atoms with E-state index in [0.717, 1.165) is 5.56 Å². The lowest BCUT2D eigenvalue weighted by Gasteiger charge is -2.36. The summed E-state index contributed by atoms with van der Waals surface area (Å²) in [6.07, 6.45) is 3.40. The number of hydrogen-bond donors (Lipinski definition) is 3. The third-order valence-corrected chi connectivity index (χ3v) is 4.83. The van der Waals surface area contributed by atoms with Gasteiger partial charge >= 0.3 is 5.97 Å². The van der Waals surface area contributed by atoms with Crippen LogP contribution in [0.1, 0.15) is 22.3 Å². The van der Waals surface area contributed by atoms with E-state index in [9.17, 15) is 14.7 Å². The molecule has 28 heavy (non-hydrogen) atoms. The molecule has 0 fully saturated rings. The first-order chi connectivity index (χ1) is 13.6. The molecular formula is C21H22N2O4S. The Kier molecular flexibility index (Phi) is 6.38. The molecule has 2 aromatic rings. The lowest BCUT2D eigenvalue weighted by Crippen LogP contribution is -2.54. The van der Waals surface area contributed by atoms with Gasteiger partial charge in [0, 0.05) is 0 Å². The number of carbonyl (C=O) groups excluding carboxylic acids is 1. The van der Waals surface area contributed by atoms with Crippen molar-refractivity contribution >= 4 is 36.3 Å². The summed E-state index contributed by atoms with van der Waals surface area (Å²) in [5.41, 5.74) is 1.99. The molecule has 0 bridgehead atoms. The minimum absolute atomic E-state index is 0.276. The van der Waals surface area contributed by atoms with E-state index in [0.29, 0.717) is 29.2 Å². The lowest BCUT2D eigenvalue weighted by molar-refractivity contribution is -0.139. The fraction of sp³-hybridized carbons (Fsp3) is 0.238. The molecule has 2 N–H and O–H groups in total. The SMILES string of the molecule is COc1ccccc1C(=O)N1c2ccccc2C=C[C@H]1NC(CCS)C(=O)O. The van der Waals surface area contributed by atoms with E-state index in [1.807, 2.05) is 30.3 Å². The maximum absolute atomic E-state index is 13.5. The number of benzene rings is 2. The molecule has 0 aromatic heterocycles. The highest BCUT2D eigenvalue weighted by Gasteiger charge is 2.32. The van der Waals surface area contributed by atoms with Crippen molar-refractivity contribution < 1.29 is 19.4 Å². The van der Waals surface area contributed by atoms with Crippen molar-refractivity contribution in [3.63, 3.8) is 0 Å². The molecule has 2 atom stereocenters. The zero-order chi connectivity index (χ0) is 20.1. The van der Waals surface area contributed by atoms with Crippen molar-refractivity contribution in [3.05, 3.63) is 65.7 Å². The van der Waals surface area contributed by atoms with Crippen LogP contribution in [0.5, 0.6) is 5.75 Å². The molecule has 1 heterocycles. The second-order valence-corrected chi connectivity index (χ2v) is 6.76. The minimum Gasteiger partial charge on any atom is -0.496 e. The fourth-order valence-electron chi connectivity index (χ4n) is 3.21. The molecule has 1 amide bonds. The second-order valence-electron chi connectivity index (χ2n) is 6.31. The first-order valence-electron chi connectivity index (χ1n) is 8.90. The molecule has 0 saturated carbocycles. The van der Waals surface area contributed by atoms with Crippen LogP contribution in [-0.4, -0.2) is 42.1 Å². The van der Waals surface area contributed by atoms with Crippen LogP contribution < -0.4 is 15.0 Å². The van der Waals surface area contributed by atoms with Crippen LogP contribution in [0.15, 0.2) is 54.6 Å². The van der Waals surface area contributed by atoms with E-state index in [2.05, 4.69) is 17.9 Å². The van der Waals surface area contributed by atoms with Crippen LogP contribution in [0.3, 0.4) is 0 Å². The Labute approximate surface area is 169 Å². The van der Waals surface area contributed by atoms with Crippen LogP contribution in [0.25, 0.3) is 6.08 Å². The lowest BCUT2D eigenvalue weighted by atomic mass is 10.0. The summed E-state index contributed by atoms with van der Waals surface area (Å²) in [5.74, 6) is -0.381. The van der Waals surface area contributed by atoms with Gasteiger partial charge in [-0.3, -0.25) is 19.8 Å². The summed E-state index contributed by atoms with van der Waals surface area (Å²) in [6, 6.07) is 13.6. The molecule has 1 unspecified atom stereocenters. The van der Waals surface area contributed by atoms with Gasteiger partial charge in [0.05, 0.1) is 18.4 Å². The normalized spacial score (nSPS) is 16.4. The highest BCUT2D eigenvalue weighted by molar-refractivity contribution is 7.80. The van der Waals surface area contributed by atoms with Crippen molar-refractivity contribution in [3.8, 4) is 5.75 Å². The van der Waals surface area contributed by atoms with Crippen molar-refractivity contribution in [2.45, 2.75) is 18.6 Å². The van der Waals surface area contributed by atoms with Gasteiger partial charge in [0.2, 0.25) is 0 Å². The van der Waals surface area contributed by atoms with Crippen LogP contribution in [-0.2, 0) is 4.79 Å². The molecule has 0 radical (unpaired) electrons. The number of hydrogen-bond acceptors (Lipinski definition) is 5. The van der Waals surface area contributed by atoms with Gasteiger partial charge in [0.1, 0.15) is 18.0 Å². The molecule has 0 spiro atoms. The van der Waals surface area contributed by atoms with Gasteiger partial charge in [0.25, 0.3) is 5.91 Å². The number of nitrogens with one attached hydrogen (secondary N) is 1. The number of nitrogens with zero attached hydrogens (tertiary/aromatic N) is 1. The summed E-state index contributed by atoms with van der Waals surface area (Å²) < 4.78 is 5.35. The van der Waals surface area contributed by atoms with Crippen LogP contribution in [0, 0.1) is 0 Å². The topological polar surface area (TPSA) is 78.9 Å². The summed E-state index contributed by atoms with van der Waals surface area (Å²) >= 11 is 4.15. The Balaban J connectivity index is 2.02. The smallest absolute Gasteiger partial charge is 0.320 e. The van der Waals surface area contributed by atoms with Crippen LogP contribution >= 0.6 is 12.6 Å². The number of amides is 1. The number of carboxylic acids is 1. The summed E-state index contributed by atoms with van der Waals surface area (Å²) in [5, 5.41) is 12.6. The monoisotopic (exact) mass is 398 g/mol. The number of ether oxygens (including phenoxy) is 1. The van der Waals surface area contributed by atoms with Crippen molar-refractivity contribution in [1.29, 1.82) is 0 Å². The number of thiol groups is 1. The highest BCUT2D eigenvalue weighted by Crippen LogP contribution is 2.31. The first kappa shape index (κ1) is 20.0. The number of rotatable bonds is 7. The van der Waals surface area contributed by atoms with E-state index in [-0.39, 0.29) is 5.91 Å². The Hall–Kier alpha value is -2.77. The van der Waals surface area contributed by atoms with E-state index in [4.69, 9.17) is 4.74 Å². The second kappa shape index (κ2) is 8.95. The number of carbonyl (C=O) groups is 2. The van der Waals surface area contributed by atoms with Gasteiger partial charge in [0.15, 0.2) is 0 Å². The number of methoxy groups -OCH3 is 1. The molecule has 1 aliphatic heterocycles. The van der Waals surface area contributed by atoms with Gasteiger partial charge < -0.3 is 9.84 Å². The molecule has 146 valence electrons. The van der Waals surface area contributed by atoms with Gasteiger partial charge in [-0.1, -0.05) is 36.4 Å². The van der Waals surface area contributed by atoms with Gasteiger partial charge in [-0.05, 0) is 42.0 Å². The Morgan fingerprint density at radius 1 is 1.21 bits per heavy atom. The molecule has 0 saturated heterocycles. The number of anilines is 1. The standard InChI is InChI=1S/C21H22N2O4S/c1-27-18-9-5-3-7-15(18)20(24)23-17-8-4-2-6-14(17)10-11-19(23)22-16(12-13-28)21(25)26/h2-11,16,19,22,28H,12-13H2,1H3,(H,25,26)/t16?,19-/m0/s1. The van der Waals surface area contributed by atoms with E-state index >= 15 is 0 Å². The van der Waals surface area contributed by atoms with Crippen molar-refractivity contribution in [2.24, 2.45) is 0 Å². The molecular weight excluding hydrogens is 376 g/mol. The third kappa shape index (κ3) is 4.05. The van der Waals surface area contributed by atoms with E-state index in [1.54, 1.807) is 35.2 Å². The highest BCUT2D eigenvalue weighted by atomic mass is 32.1. The Morgan fingerprint density at radius 3 is 2.64 bits per heavy atom. The summed E-state index contributed by atoms with van der Waals surface area (Å²) in [7, 11) is 1.51. The molecule has 1 aliphatic rings. The third-order valence-electron chi connectivity index (χ3n) is 4.58. The zero-order valence-electron chi connectivity index (χ0n) is 15.4. The van der Waals surface area contributed by atoms with Gasteiger partial charge in [-0.25, -0.2) is 0 Å². The van der Waals surface area contributed by atoms with E-state index in [1.165, 1.54) is 7.11 Å². The quantitative estimate of drug-likeness (QED) is 0.625. The number of fused-ring (bicyclic) bond motifs is 1. The van der Waals surface area contributed by atoms with E-state index < -0.39 is 18.2 Å².